The molecule has 33 heavy (non-hydrogen) atoms. The molecule has 1 aliphatic heterocycles. The maximum absolute atomic E-state index is 11.4. The predicted molar refractivity (Wildman–Crippen MR) is 137 cm³/mol. The summed E-state index contributed by atoms with van der Waals surface area (Å²) < 4.78 is 21.5. The Kier molecular flexibility index (Phi) is 6.95. The number of nitrogens with zero attached hydrogens (tertiary/aromatic N) is 3. The molecule has 0 spiro atoms. The smallest absolute Gasteiger partial charge is 0.192 e. The van der Waals surface area contributed by atoms with E-state index in [0.29, 0.717) is 18.1 Å². The van der Waals surface area contributed by atoms with Crippen molar-refractivity contribution in [3.8, 4) is 0 Å². The highest BCUT2D eigenvalue weighted by atomic mass is 28.4. The quantitative estimate of drug-likeness (QED) is 0.562. The Morgan fingerprint density at radius 3 is 2.24 bits per heavy atom. The van der Waals surface area contributed by atoms with Gasteiger partial charge in [0.05, 0.1) is 12.0 Å². The van der Waals surface area contributed by atoms with Crippen molar-refractivity contribution in [1.82, 2.24) is 14.5 Å². The zero-order chi connectivity index (χ0) is 25.0. The van der Waals surface area contributed by atoms with Crippen LogP contribution in [0, 0.1) is 0 Å². The first kappa shape index (κ1) is 26.3. The topological polar surface area (TPSA) is 105 Å². The third-order valence-corrected chi connectivity index (χ3v) is 16.8. The number of nitrogens with two attached hydrogens (primary N) is 1. The molecule has 0 amide bonds. The maximum Gasteiger partial charge on any atom is 0.192 e. The summed E-state index contributed by atoms with van der Waals surface area (Å²) in [5.74, 6) is 0.414. The second kappa shape index (κ2) is 8.73. The summed E-state index contributed by atoms with van der Waals surface area (Å²) in [6, 6.07) is 1.88. The largest absolute Gasteiger partial charge is 0.414 e. The molecule has 3 heterocycles. The summed E-state index contributed by atoms with van der Waals surface area (Å²) in [6.45, 7) is 22.3. The van der Waals surface area contributed by atoms with Crippen LogP contribution in [0.2, 0.25) is 36.3 Å². The summed E-state index contributed by atoms with van der Waals surface area (Å²) in [6.07, 6.45) is 0.897. The molecule has 0 aromatic carbocycles. The lowest BCUT2D eigenvalue weighted by Crippen LogP contribution is -2.49. The fourth-order valence-electron chi connectivity index (χ4n) is 3.43. The number of aromatic nitrogens is 3. The Labute approximate surface area is 200 Å². The molecule has 186 valence electrons. The number of hydrogen-bond acceptors (Lipinski definition) is 7. The van der Waals surface area contributed by atoms with Crippen LogP contribution in [0.25, 0.3) is 11.0 Å². The number of anilines is 1. The van der Waals surface area contributed by atoms with E-state index in [1.54, 1.807) is 0 Å². The molecule has 8 nitrogen and oxygen atoms in total. The van der Waals surface area contributed by atoms with Gasteiger partial charge in [-0.3, -0.25) is 0 Å². The molecule has 10 heteroatoms. The van der Waals surface area contributed by atoms with Crippen LogP contribution in [-0.4, -0.2) is 61.2 Å². The van der Waals surface area contributed by atoms with E-state index in [9.17, 15) is 5.11 Å². The number of fused-ring (bicyclic) bond motifs is 1. The number of nitrogen functional groups attached to an aromatic ring is 1. The van der Waals surface area contributed by atoms with Gasteiger partial charge in [-0.25, -0.2) is 9.97 Å². The molecule has 4 atom stereocenters. The molecule has 2 aromatic rings. The molecule has 0 saturated carbocycles. The SMILES string of the molecule is CC(C)(C)[Si](C)(C)OC[C@H]1O[C@@H](n2ccc3c(N)ncnc32)[C@H](O[Si](C)(C)C(C)(C)C)[C@@H]1O. The van der Waals surface area contributed by atoms with Crippen LogP contribution in [0.15, 0.2) is 18.6 Å². The molecule has 1 aliphatic rings. The fraction of sp³-hybridized carbons (Fsp3) is 0.739. The van der Waals surface area contributed by atoms with E-state index >= 15 is 0 Å². The highest BCUT2D eigenvalue weighted by Gasteiger charge is 2.51. The van der Waals surface area contributed by atoms with Crippen LogP contribution >= 0.6 is 0 Å². The van der Waals surface area contributed by atoms with Crippen molar-refractivity contribution in [2.75, 3.05) is 12.3 Å². The Morgan fingerprint density at radius 2 is 1.67 bits per heavy atom. The van der Waals surface area contributed by atoms with Crippen LogP contribution in [0.1, 0.15) is 47.8 Å². The van der Waals surface area contributed by atoms with Crippen LogP contribution in [0.4, 0.5) is 5.82 Å². The van der Waals surface area contributed by atoms with Gasteiger partial charge in [-0.2, -0.15) is 0 Å². The molecule has 1 saturated heterocycles. The van der Waals surface area contributed by atoms with Gasteiger partial charge in [0.2, 0.25) is 0 Å². The predicted octanol–water partition coefficient (Wildman–Crippen LogP) is 4.68. The van der Waals surface area contributed by atoms with Crippen molar-refractivity contribution in [3.05, 3.63) is 18.6 Å². The summed E-state index contributed by atoms with van der Waals surface area (Å²) in [5.41, 5.74) is 6.72. The third-order valence-electron chi connectivity index (χ3n) is 7.78. The van der Waals surface area contributed by atoms with Crippen molar-refractivity contribution >= 4 is 33.5 Å². The number of aliphatic hydroxyl groups excluding tert-OH is 1. The number of ether oxygens (including phenoxy) is 1. The highest BCUT2D eigenvalue weighted by molar-refractivity contribution is 6.74. The minimum atomic E-state index is -2.21. The number of aliphatic hydroxyl groups is 1. The zero-order valence-corrected chi connectivity index (χ0v) is 23.8. The van der Waals surface area contributed by atoms with Crippen LogP contribution in [0.3, 0.4) is 0 Å². The van der Waals surface area contributed by atoms with Gasteiger partial charge in [0.1, 0.15) is 36.1 Å². The second-order valence-electron chi connectivity index (χ2n) is 12.2. The van der Waals surface area contributed by atoms with Gasteiger partial charge >= 0.3 is 0 Å². The lowest BCUT2D eigenvalue weighted by atomic mass is 10.1. The third kappa shape index (κ3) is 5.06. The van der Waals surface area contributed by atoms with Crippen molar-refractivity contribution in [2.45, 2.75) is 102 Å². The number of hydrogen-bond donors (Lipinski definition) is 2. The fourth-order valence-corrected chi connectivity index (χ4v) is 5.73. The van der Waals surface area contributed by atoms with Gasteiger partial charge in [-0.05, 0) is 42.3 Å². The summed E-state index contributed by atoms with van der Waals surface area (Å²) in [5, 5.41) is 12.2. The standard InChI is InChI=1S/C23H42N4O4Si2/c1-22(2,3)32(7,8)29-13-16-17(28)18(31-33(9,10)23(4,5)6)21(30-16)27-12-11-15-19(24)25-14-26-20(15)27/h11-12,14,16-18,21,28H,13H2,1-10H3,(H2,24,25,26)/t16-,17-,18-,21-/m1/s1. The van der Waals surface area contributed by atoms with Crippen molar-refractivity contribution < 1.29 is 18.7 Å². The van der Waals surface area contributed by atoms with Crippen LogP contribution in [-0.2, 0) is 13.6 Å². The van der Waals surface area contributed by atoms with E-state index in [-0.39, 0.29) is 10.1 Å². The first-order chi connectivity index (χ1) is 15.0. The summed E-state index contributed by atoms with van der Waals surface area (Å²) in [4.78, 5) is 8.53. The molecule has 0 unspecified atom stereocenters. The summed E-state index contributed by atoms with van der Waals surface area (Å²) in [7, 11) is -4.21. The molecule has 0 aliphatic carbocycles. The van der Waals surface area contributed by atoms with Gasteiger partial charge in [-0.1, -0.05) is 41.5 Å². The Balaban J connectivity index is 1.95. The molecule has 0 bridgehead atoms. The normalized spacial score (nSPS) is 25.2. The zero-order valence-electron chi connectivity index (χ0n) is 21.8. The van der Waals surface area contributed by atoms with Crippen LogP contribution in [0.5, 0.6) is 0 Å². The van der Waals surface area contributed by atoms with E-state index in [2.05, 4.69) is 77.7 Å². The lowest BCUT2D eigenvalue weighted by Gasteiger charge is -2.40. The minimum absolute atomic E-state index is 0.0155. The Hall–Kier alpha value is -1.31. The summed E-state index contributed by atoms with van der Waals surface area (Å²) >= 11 is 0. The monoisotopic (exact) mass is 494 g/mol. The lowest BCUT2D eigenvalue weighted by molar-refractivity contribution is -0.0473. The van der Waals surface area contributed by atoms with E-state index in [1.165, 1.54) is 6.33 Å². The first-order valence-electron chi connectivity index (χ1n) is 11.7. The average Bonchev–Trinajstić information content (AvgIpc) is 3.21. The average molecular weight is 495 g/mol. The van der Waals surface area contributed by atoms with E-state index in [0.717, 1.165) is 5.39 Å². The molecule has 3 rings (SSSR count). The first-order valence-corrected chi connectivity index (χ1v) is 17.5. The van der Waals surface area contributed by atoms with Crippen molar-refractivity contribution in [3.63, 3.8) is 0 Å². The number of rotatable bonds is 6. The van der Waals surface area contributed by atoms with E-state index in [1.807, 2.05) is 16.8 Å². The Morgan fingerprint density at radius 1 is 1.06 bits per heavy atom. The molecule has 0 radical (unpaired) electrons. The molecule has 1 fully saturated rings. The van der Waals surface area contributed by atoms with Gasteiger partial charge in [0.25, 0.3) is 0 Å². The van der Waals surface area contributed by atoms with Gasteiger partial charge in [0.15, 0.2) is 22.9 Å². The van der Waals surface area contributed by atoms with Gasteiger partial charge < -0.3 is 29.0 Å². The molecular weight excluding hydrogens is 452 g/mol. The minimum Gasteiger partial charge on any atom is -0.414 e. The Bertz CT molecular complexity index is 981. The van der Waals surface area contributed by atoms with E-state index < -0.39 is 41.2 Å². The maximum atomic E-state index is 11.4. The van der Waals surface area contributed by atoms with E-state index in [4.69, 9.17) is 19.3 Å². The van der Waals surface area contributed by atoms with Gasteiger partial charge in [-0.15, -0.1) is 0 Å². The van der Waals surface area contributed by atoms with Crippen LogP contribution < -0.4 is 5.73 Å². The molecular formula is C23H42N4O4Si2. The second-order valence-corrected chi connectivity index (χ2v) is 21.8. The van der Waals surface area contributed by atoms with Gasteiger partial charge in [0, 0.05) is 6.20 Å². The van der Waals surface area contributed by atoms with Crippen molar-refractivity contribution in [2.24, 2.45) is 0 Å². The highest BCUT2D eigenvalue weighted by Crippen LogP contribution is 2.43. The molecule has 3 N–H and O–H groups in total. The van der Waals surface area contributed by atoms with Crippen molar-refractivity contribution in [1.29, 1.82) is 0 Å². The molecule has 2 aromatic heterocycles.